The molecule has 1 aliphatic carbocycles. The van der Waals surface area contributed by atoms with Crippen LogP contribution in [0, 0.1) is 11.7 Å². The number of carbonyl (C=O) groups excluding carboxylic acids is 1. The Bertz CT molecular complexity index is 624. The van der Waals surface area contributed by atoms with E-state index in [0.29, 0.717) is 12.5 Å². The van der Waals surface area contributed by atoms with Crippen molar-refractivity contribution >= 4 is 25.7 Å². The largest absolute Gasteiger partial charge is 0.462 e. The lowest BCUT2D eigenvalue weighted by molar-refractivity contribution is 0.0410. The lowest BCUT2D eigenvalue weighted by Crippen LogP contribution is -2.17. The third kappa shape index (κ3) is 4.41. The molecule has 0 spiro atoms. The summed E-state index contributed by atoms with van der Waals surface area (Å²) in [6, 6.07) is 2.98. The second-order valence-corrected chi connectivity index (χ2v) is 7.72. The smallest absolute Gasteiger partial charge is 0.338 e. The van der Waals surface area contributed by atoms with Crippen molar-refractivity contribution in [3.63, 3.8) is 0 Å². The molecule has 0 unspecified atom stereocenters. The van der Waals surface area contributed by atoms with Gasteiger partial charge in [-0.25, -0.2) is 17.6 Å². The number of halogens is 2. The quantitative estimate of drug-likeness (QED) is 0.624. The molecule has 4 nitrogen and oxygen atoms in total. The Morgan fingerprint density at radius 1 is 1.29 bits per heavy atom. The predicted octanol–water partition coefficient (Wildman–Crippen LogP) is 3.49. The monoisotopic (exact) mass is 334 g/mol. The fourth-order valence-corrected chi connectivity index (χ4v) is 3.37. The first-order valence-electron chi connectivity index (χ1n) is 6.79. The molecule has 1 fully saturated rings. The SMILES string of the molecule is O=C(OCC1CCCCC1)c1ccc(F)c(S(=O)(=O)Cl)c1. The van der Waals surface area contributed by atoms with E-state index >= 15 is 0 Å². The summed E-state index contributed by atoms with van der Waals surface area (Å²) in [5.74, 6) is -1.31. The highest BCUT2D eigenvalue weighted by Crippen LogP contribution is 2.25. The molecule has 1 aliphatic rings. The molecule has 116 valence electrons. The van der Waals surface area contributed by atoms with Crippen molar-refractivity contribution in [2.24, 2.45) is 5.92 Å². The molecule has 7 heteroatoms. The van der Waals surface area contributed by atoms with Crippen molar-refractivity contribution in [1.29, 1.82) is 0 Å². The van der Waals surface area contributed by atoms with Crippen LogP contribution in [-0.2, 0) is 13.8 Å². The molecule has 0 saturated heterocycles. The molecule has 0 aromatic heterocycles. The van der Waals surface area contributed by atoms with Crippen LogP contribution >= 0.6 is 10.7 Å². The Balaban J connectivity index is 2.05. The molecule has 21 heavy (non-hydrogen) atoms. The molecule has 0 atom stereocenters. The third-order valence-electron chi connectivity index (χ3n) is 3.60. The van der Waals surface area contributed by atoms with Gasteiger partial charge in [-0.15, -0.1) is 0 Å². The van der Waals surface area contributed by atoms with Crippen molar-refractivity contribution in [2.45, 2.75) is 37.0 Å². The summed E-state index contributed by atoms with van der Waals surface area (Å²) >= 11 is 0. The maximum atomic E-state index is 13.4. The first-order chi connectivity index (χ1) is 9.88. The van der Waals surface area contributed by atoms with E-state index in [1.807, 2.05) is 0 Å². The van der Waals surface area contributed by atoms with Crippen molar-refractivity contribution in [1.82, 2.24) is 0 Å². The zero-order valence-corrected chi connectivity index (χ0v) is 12.9. The van der Waals surface area contributed by atoms with Crippen LogP contribution in [-0.4, -0.2) is 21.0 Å². The summed E-state index contributed by atoms with van der Waals surface area (Å²) in [4.78, 5) is 11.2. The lowest BCUT2D eigenvalue weighted by Gasteiger charge is -2.21. The highest BCUT2D eigenvalue weighted by molar-refractivity contribution is 8.13. The summed E-state index contributed by atoms with van der Waals surface area (Å²) in [6.45, 7) is 0.305. The minimum Gasteiger partial charge on any atom is -0.462 e. The maximum absolute atomic E-state index is 13.4. The Kier molecular flexibility index (Phi) is 5.22. The zero-order chi connectivity index (χ0) is 15.5. The van der Waals surface area contributed by atoms with Crippen molar-refractivity contribution < 1.29 is 22.3 Å². The summed E-state index contributed by atoms with van der Waals surface area (Å²) in [5, 5.41) is 0. The summed E-state index contributed by atoms with van der Waals surface area (Å²) in [7, 11) is 0.884. The molecule has 0 radical (unpaired) electrons. The van der Waals surface area contributed by atoms with E-state index in [-0.39, 0.29) is 5.56 Å². The fourth-order valence-electron chi connectivity index (χ4n) is 2.45. The van der Waals surface area contributed by atoms with Gasteiger partial charge >= 0.3 is 5.97 Å². The number of carbonyl (C=O) groups is 1. The topological polar surface area (TPSA) is 60.4 Å². The molecule has 0 amide bonds. The molecule has 1 aromatic carbocycles. The summed E-state index contributed by atoms with van der Waals surface area (Å²) in [5.41, 5.74) is -0.0218. The standard InChI is InChI=1S/C14H16ClFO4S/c15-21(18,19)13-8-11(6-7-12(13)16)14(17)20-9-10-4-2-1-3-5-10/h6-8,10H,1-5,9H2. The van der Waals surface area contributed by atoms with Gasteiger partial charge in [0.05, 0.1) is 12.2 Å². The Morgan fingerprint density at radius 2 is 1.95 bits per heavy atom. The van der Waals surface area contributed by atoms with Gasteiger partial charge in [-0.3, -0.25) is 0 Å². The Labute approximate surface area is 127 Å². The Hall–Kier alpha value is -1.14. The summed E-state index contributed by atoms with van der Waals surface area (Å²) < 4.78 is 41.0. The van der Waals surface area contributed by atoms with E-state index in [9.17, 15) is 17.6 Å². The van der Waals surface area contributed by atoms with E-state index in [1.54, 1.807) is 0 Å². The van der Waals surface area contributed by atoms with E-state index in [4.69, 9.17) is 15.4 Å². The van der Waals surface area contributed by atoms with Crippen LogP contribution in [0.5, 0.6) is 0 Å². The average molecular weight is 335 g/mol. The van der Waals surface area contributed by atoms with Gasteiger partial charge in [-0.1, -0.05) is 19.3 Å². The predicted molar refractivity (Wildman–Crippen MR) is 76.3 cm³/mol. The van der Waals surface area contributed by atoms with Crippen LogP contribution < -0.4 is 0 Å². The van der Waals surface area contributed by atoms with Crippen LogP contribution in [0.4, 0.5) is 4.39 Å². The molecule has 1 saturated carbocycles. The molecule has 2 rings (SSSR count). The van der Waals surface area contributed by atoms with Gasteiger partial charge in [-0.2, -0.15) is 0 Å². The van der Waals surface area contributed by atoms with Crippen LogP contribution in [0.3, 0.4) is 0 Å². The molecule has 0 aliphatic heterocycles. The minimum atomic E-state index is -4.24. The van der Waals surface area contributed by atoms with Crippen LogP contribution in [0.15, 0.2) is 23.1 Å². The molecular formula is C14H16ClFO4S. The van der Waals surface area contributed by atoms with Crippen molar-refractivity contribution in [3.05, 3.63) is 29.6 Å². The van der Waals surface area contributed by atoms with Gasteiger partial charge in [-0.05, 0) is 37.0 Å². The van der Waals surface area contributed by atoms with Crippen molar-refractivity contribution in [2.75, 3.05) is 6.61 Å². The van der Waals surface area contributed by atoms with E-state index in [2.05, 4.69) is 0 Å². The first-order valence-corrected chi connectivity index (χ1v) is 9.10. The summed E-state index contributed by atoms with van der Waals surface area (Å²) in [6.07, 6.45) is 5.52. The van der Waals surface area contributed by atoms with Gasteiger partial charge in [0.1, 0.15) is 10.7 Å². The van der Waals surface area contributed by atoms with Gasteiger partial charge in [0.15, 0.2) is 0 Å². The molecule has 0 N–H and O–H groups in total. The highest BCUT2D eigenvalue weighted by Gasteiger charge is 2.21. The number of esters is 1. The number of hydrogen-bond acceptors (Lipinski definition) is 4. The number of rotatable bonds is 4. The van der Waals surface area contributed by atoms with E-state index in [1.165, 1.54) is 12.5 Å². The normalized spacial score (nSPS) is 16.7. The fraction of sp³-hybridized carbons (Fsp3) is 0.500. The van der Waals surface area contributed by atoms with Gasteiger partial charge in [0.25, 0.3) is 9.05 Å². The third-order valence-corrected chi connectivity index (χ3v) is 4.94. The van der Waals surface area contributed by atoms with Crippen LogP contribution in [0.1, 0.15) is 42.5 Å². The van der Waals surface area contributed by atoms with Crippen LogP contribution in [0.2, 0.25) is 0 Å². The molecule has 0 heterocycles. The van der Waals surface area contributed by atoms with E-state index in [0.717, 1.165) is 37.8 Å². The maximum Gasteiger partial charge on any atom is 0.338 e. The lowest BCUT2D eigenvalue weighted by atomic mass is 9.90. The first kappa shape index (κ1) is 16.2. The van der Waals surface area contributed by atoms with Gasteiger partial charge in [0.2, 0.25) is 0 Å². The van der Waals surface area contributed by atoms with Crippen molar-refractivity contribution in [3.8, 4) is 0 Å². The van der Waals surface area contributed by atoms with Gasteiger partial charge in [0, 0.05) is 10.7 Å². The molecule has 1 aromatic rings. The highest BCUT2D eigenvalue weighted by atomic mass is 35.7. The van der Waals surface area contributed by atoms with E-state index < -0.39 is 25.7 Å². The average Bonchev–Trinajstić information content (AvgIpc) is 2.45. The number of benzene rings is 1. The van der Waals surface area contributed by atoms with Gasteiger partial charge < -0.3 is 4.74 Å². The Morgan fingerprint density at radius 3 is 2.57 bits per heavy atom. The second kappa shape index (κ2) is 6.75. The molecular weight excluding hydrogens is 319 g/mol. The number of ether oxygens (including phenoxy) is 1. The second-order valence-electron chi connectivity index (χ2n) is 5.19. The molecule has 0 bridgehead atoms. The minimum absolute atomic E-state index is 0.0218. The number of hydrogen-bond donors (Lipinski definition) is 0. The van der Waals surface area contributed by atoms with Crippen LogP contribution in [0.25, 0.3) is 0 Å². The zero-order valence-electron chi connectivity index (χ0n) is 11.3.